The van der Waals surface area contributed by atoms with Crippen LogP contribution in [-0.4, -0.2) is 67.2 Å². The normalized spacial score (nSPS) is 21.1. The van der Waals surface area contributed by atoms with Crippen molar-refractivity contribution in [2.75, 3.05) is 39.5 Å². The number of rotatable bonds is 7. The summed E-state index contributed by atoms with van der Waals surface area (Å²) >= 11 is 0. The van der Waals surface area contributed by atoms with Gasteiger partial charge in [-0.05, 0) is 48.1 Å². The fourth-order valence-corrected chi connectivity index (χ4v) is 4.71. The smallest absolute Gasteiger partial charge is 0.253 e. The lowest BCUT2D eigenvalue weighted by molar-refractivity contribution is -0.152. The highest BCUT2D eigenvalue weighted by atomic mass is 19.1. The van der Waals surface area contributed by atoms with Crippen molar-refractivity contribution in [1.29, 1.82) is 0 Å². The van der Waals surface area contributed by atoms with Gasteiger partial charge in [-0.25, -0.2) is 8.78 Å². The molecule has 1 saturated heterocycles. The summed E-state index contributed by atoms with van der Waals surface area (Å²) in [5.74, 6) is -1.42. The van der Waals surface area contributed by atoms with E-state index < -0.39 is 23.8 Å². The minimum absolute atomic E-state index is 0.0476. The van der Waals surface area contributed by atoms with Gasteiger partial charge in [-0.1, -0.05) is 36.4 Å². The predicted octanol–water partition coefficient (Wildman–Crippen LogP) is 3.59. The Morgan fingerprint density at radius 1 is 1.06 bits per heavy atom. The van der Waals surface area contributed by atoms with E-state index in [0.717, 1.165) is 36.6 Å². The first-order valence-corrected chi connectivity index (χ1v) is 12.0. The van der Waals surface area contributed by atoms with E-state index >= 15 is 0 Å². The SMILES string of the molecule is O=C(CO[C@H](C(=O)N1CC(c2cc(F)ccc2F)=C[C@H]1c1ccccc1)C1CC1)N1CCOCC1. The molecule has 0 bridgehead atoms. The largest absolute Gasteiger partial charge is 0.378 e. The van der Waals surface area contributed by atoms with Gasteiger partial charge in [0.15, 0.2) is 0 Å². The van der Waals surface area contributed by atoms with Crippen molar-refractivity contribution in [3.8, 4) is 0 Å². The molecule has 2 aromatic rings. The van der Waals surface area contributed by atoms with E-state index in [-0.39, 0.29) is 36.4 Å². The van der Waals surface area contributed by atoms with Crippen molar-refractivity contribution in [3.63, 3.8) is 0 Å². The van der Waals surface area contributed by atoms with Gasteiger partial charge in [0.2, 0.25) is 5.91 Å². The van der Waals surface area contributed by atoms with Crippen LogP contribution in [0.5, 0.6) is 0 Å². The molecule has 2 aromatic carbocycles. The summed E-state index contributed by atoms with van der Waals surface area (Å²) in [4.78, 5) is 29.7. The Hall–Kier alpha value is -3.10. The minimum Gasteiger partial charge on any atom is -0.378 e. The van der Waals surface area contributed by atoms with Crippen LogP contribution in [0.3, 0.4) is 0 Å². The van der Waals surface area contributed by atoms with Crippen LogP contribution in [0.1, 0.15) is 30.0 Å². The minimum atomic E-state index is -0.753. The molecule has 5 rings (SSSR count). The lowest BCUT2D eigenvalue weighted by Gasteiger charge is -2.30. The second-order valence-electron chi connectivity index (χ2n) is 9.20. The van der Waals surface area contributed by atoms with Crippen molar-refractivity contribution in [2.24, 2.45) is 5.92 Å². The highest BCUT2D eigenvalue weighted by molar-refractivity contribution is 5.87. The quantitative estimate of drug-likeness (QED) is 0.605. The third-order valence-corrected chi connectivity index (χ3v) is 6.78. The Morgan fingerprint density at radius 3 is 2.51 bits per heavy atom. The fraction of sp³-hybridized carbons (Fsp3) is 0.407. The number of carbonyl (C=O) groups excluding carboxylic acids is 2. The summed E-state index contributed by atoms with van der Waals surface area (Å²) in [6.45, 7) is 1.97. The fourth-order valence-electron chi connectivity index (χ4n) is 4.71. The molecule has 2 amide bonds. The third kappa shape index (κ3) is 5.28. The van der Waals surface area contributed by atoms with Crippen molar-refractivity contribution in [3.05, 3.63) is 77.4 Å². The maximum Gasteiger partial charge on any atom is 0.253 e. The Labute approximate surface area is 203 Å². The summed E-state index contributed by atoms with van der Waals surface area (Å²) in [5.41, 5.74) is 1.56. The van der Waals surface area contributed by atoms with Crippen molar-refractivity contribution in [1.82, 2.24) is 9.80 Å². The molecule has 35 heavy (non-hydrogen) atoms. The maximum absolute atomic E-state index is 14.6. The zero-order valence-corrected chi connectivity index (χ0v) is 19.4. The molecule has 2 atom stereocenters. The van der Waals surface area contributed by atoms with Crippen LogP contribution >= 0.6 is 0 Å². The highest BCUT2D eigenvalue weighted by Crippen LogP contribution is 2.40. The van der Waals surface area contributed by atoms with Crippen LogP contribution in [0.4, 0.5) is 8.78 Å². The average molecular weight is 483 g/mol. The summed E-state index contributed by atoms with van der Waals surface area (Å²) in [5, 5.41) is 0. The molecule has 0 aromatic heterocycles. The zero-order chi connectivity index (χ0) is 24.4. The molecule has 8 heteroatoms. The van der Waals surface area contributed by atoms with Crippen LogP contribution in [0.2, 0.25) is 0 Å². The molecule has 184 valence electrons. The van der Waals surface area contributed by atoms with Crippen LogP contribution < -0.4 is 0 Å². The predicted molar refractivity (Wildman–Crippen MR) is 125 cm³/mol. The van der Waals surface area contributed by atoms with Gasteiger partial charge in [0.1, 0.15) is 24.3 Å². The van der Waals surface area contributed by atoms with E-state index in [2.05, 4.69) is 0 Å². The van der Waals surface area contributed by atoms with Crippen molar-refractivity contribution >= 4 is 17.4 Å². The Bertz CT molecular complexity index is 1110. The molecule has 1 aliphatic carbocycles. The van der Waals surface area contributed by atoms with Gasteiger partial charge >= 0.3 is 0 Å². The summed E-state index contributed by atoms with van der Waals surface area (Å²) in [6, 6.07) is 12.3. The number of nitrogens with zero attached hydrogens (tertiary/aromatic N) is 2. The Morgan fingerprint density at radius 2 is 1.80 bits per heavy atom. The molecule has 2 fully saturated rings. The number of hydrogen-bond donors (Lipinski definition) is 0. The number of amides is 2. The van der Waals surface area contributed by atoms with Gasteiger partial charge in [0.05, 0.1) is 19.3 Å². The average Bonchev–Trinajstić information content (AvgIpc) is 3.63. The second kappa shape index (κ2) is 10.3. The van der Waals surface area contributed by atoms with E-state index in [1.165, 1.54) is 0 Å². The van der Waals surface area contributed by atoms with Crippen LogP contribution in [-0.2, 0) is 19.1 Å². The second-order valence-corrected chi connectivity index (χ2v) is 9.20. The summed E-state index contributed by atoms with van der Waals surface area (Å²) in [7, 11) is 0. The molecule has 0 N–H and O–H groups in total. The summed E-state index contributed by atoms with van der Waals surface area (Å²) < 4.78 is 39.7. The standard InChI is InChI=1S/C27H28F2N2O4/c28-21-8-9-23(29)22(15-21)20-14-24(18-4-2-1-3-5-18)31(16-20)27(33)26(19-6-7-19)35-17-25(32)30-10-12-34-13-11-30/h1-5,8-9,14-15,19,24,26H,6-7,10-13,16-17H2/t24-,26-/m0/s1. The van der Waals surface area contributed by atoms with E-state index in [1.807, 2.05) is 36.4 Å². The van der Waals surface area contributed by atoms with Gasteiger partial charge in [-0.3, -0.25) is 9.59 Å². The third-order valence-electron chi connectivity index (χ3n) is 6.78. The lowest BCUT2D eigenvalue weighted by Crippen LogP contribution is -2.46. The molecule has 1 saturated carbocycles. The molecule has 2 aliphatic heterocycles. The van der Waals surface area contributed by atoms with Gasteiger partial charge in [-0.2, -0.15) is 0 Å². The Kier molecular flexibility index (Phi) is 6.92. The topological polar surface area (TPSA) is 59.1 Å². The first-order valence-electron chi connectivity index (χ1n) is 12.0. The van der Waals surface area contributed by atoms with Gasteiger partial charge < -0.3 is 19.3 Å². The van der Waals surface area contributed by atoms with E-state index in [4.69, 9.17) is 9.47 Å². The molecule has 2 heterocycles. The van der Waals surface area contributed by atoms with Crippen molar-refractivity contribution < 1.29 is 27.8 Å². The number of benzene rings is 2. The van der Waals surface area contributed by atoms with E-state index in [1.54, 1.807) is 9.80 Å². The van der Waals surface area contributed by atoms with Gasteiger partial charge in [-0.15, -0.1) is 0 Å². The molecule has 6 nitrogen and oxygen atoms in total. The highest BCUT2D eigenvalue weighted by Gasteiger charge is 2.43. The molecule has 0 spiro atoms. The van der Waals surface area contributed by atoms with Gasteiger partial charge in [0.25, 0.3) is 5.91 Å². The molecular formula is C27H28F2N2O4. The lowest BCUT2D eigenvalue weighted by atomic mass is 10.0. The molecular weight excluding hydrogens is 454 g/mol. The van der Waals surface area contributed by atoms with Crippen molar-refractivity contribution in [2.45, 2.75) is 25.0 Å². The number of halogens is 2. The monoisotopic (exact) mass is 482 g/mol. The number of carbonyl (C=O) groups is 2. The van der Waals surface area contributed by atoms with E-state index in [0.29, 0.717) is 31.9 Å². The Balaban J connectivity index is 1.37. The molecule has 0 unspecified atom stereocenters. The first-order chi connectivity index (χ1) is 17.0. The number of morpholine rings is 1. The maximum atomic E-state index is 14.6. The zero-order valence-electron chi connectivity index (χ0n) is 19.4. The number of hydrogen-bond acceptors (Lipinski definition) is 4. The van der Waals surface area contributed by atoms with Crippen LogP contribution in [0.25, 0.3) is 5.57 Å². The van der Waals surface area contributed by atoms with Crippen LogP contribution in [0, 0.1) is 17.6 Å². The number of ether oxygens (including phenoxy) is 2. The summed E-state index contributed by atoms with van der Waals surface area (Å²) in [6.07, 6.45) is 2.76. The van der Waals surface area contributed by atoms with Crippen LogP contribution in [0.15, 0.2) is 54.6 Å². The van der Waals surface area contributed by atoms with Gasteiger partial charge in [0, 0.05) is 25.2 Å². The molecule has 3 aliphatic rings. The van der Waals surface area contributed by atoms with E-state index in [9.17, 15) is 18.4 Å². The first kappa shape index (κ1) is 23.6. The molecule has 0 radical (unpaired) electrons.